The van der Waals surface area contributed by atoms with Crippen molar-refractivity contribution in [2.24, 2.45) is 0 Å². The summed E-state index contributed by atoms with van der Waals surface area (Å²) in [5.41, 5.74) is 7.45. The van der Waals surface area contributed by atoms with Crippen molar-refractivity contribution in [3.8, 4) is 5.75 Å². The number of aromatic nitrogens is 6. The SMILES string of the molecule is CC.COc1cc(F)cc2c1nc(N)n1nc(C3CC(F)CN(c4cn(CC(C)(C)O)nc4C)C3)nc21. The Balaban J connectivity index is 0.00000156. The van der Waals surface area contributed by atoms with Crippen LogP contribution in [0.3, 0.4) is 0 Å². The topological polar surface area (TPSA) is 120 Å². The summed E-state index contributed by atoms with van der Waals surface area (Å²) in [6.07, 6.45) is 0.958. The third kappa shape index (κ3) is 5.29. The molecular formula is C25H34F2N8O2. The molecule has 1 aromatic carbocycles. The molecule has 0 saturated carbocycles. The van der Waals surface area contributed by atoms with Crippen LogP contribution in [-0.4, -0.2) is 66.4 Å². The molecule has 1 aliphatic rings. The number of aliphatic hydroxyl groups is 1. The van der Waals surface area contributed by atoms with Crippen LogP contribution in [0, 0.1) is 12.7 Å². The highest BCUT2D eigenvalue weighted by molar-refractivity contribution is 5.95. The first-order valence-electron chi connectivity index (χ1n) is 12.4. The van der Waals surface area contributed by atoms with Gasteiger partial charge in [0.2, 0.25) is 5.95 Å². The molecule has 10 nitrogen and oxygen atoms in total. The molecule has 37 heavy (non-hydrogen) atoms. The standard InChI is InChI=1S/C23H28F2N8O2.C2H6/c1-12-17(10-32(29-12)11-23(2,3)34)31-8-13(5-15(25)9-31)20-28-21-16-6-14(24)7-18(35-4)19(16)27-22(26)33(21)30-20;1-2/h6-7,10,13,15,34H,5,8-9,11H2,1-4H3,(H2,26,27);1-2H3. The predicted molar refractivity (Wildman–Crippen MR) is 138 cm³/mol. The van der Waals surface area contributed by atoms with Crippen LogP contribution in [0.15, 0.2) is 18.3 Å². The number of anilines is 2. The van der Waals surface area contributed by atoms with Crippen molar-refractivity contribution in [1.29, 1.82) is 0 Å². The Morgan fingerprint density at radius 1 is 1.19 bits per heavy atom. The lowest BCUT2D eigenvalue weighted by atomic mass is 9.95. The Morgan fingerprint density at radius 2 is 1.92 bits per heavy atom. The fraction of sp³-hybridized carbons (Fsp3) is 0.520. The Morgan fingerprint density at radius 3 is 2.59 bits per heavy atom. The van der Waals surface area contributed by atoms with Crippen molar-refractivity contribution in [1.82, 2.24) is 29.4 Å². The molecule has 0 bridgehead atoms. The van der Waals surface area contributed by atoms with Crippen molar-refractivity contribution in [3.63, 3.8) is 0 Å². The first-order valence-corrected chi connectivity index (χ1v) is 12.4. The molecule has 1 aliphatic heterocycles. The zero-order valence-electron chi connectivity index (χ0n) is 22.0. The summed E-state index contributed by atoms with van der Waals surface area (Å²) in [6.45, 7) is 10.3. The number of halogens is 2. The average molecular weight is 517 g/mol. The smallest absolute Gasteiger partial charge is 0.223 e. The zero-order valence-corrected chi connectivity index (χ0v) is 22.0. The van der Waals surface area contributed by atoms with Crippen LogP contribution in [0.5, 0.6) is 5.75 Å². The number of rotatable bonds is 5. The highest BCUT2D eigenvalue weighted by atomic mass is 19.1. The number of alkyl halides is 1. The van der Waals surface area contributed by atoms with Gasteiger partial charge >= 0.3 is 0 Å². The number of nitrogens with two attached hydrogens (primary N) is 1. The minimum Gasteiger partial charge on any atom is -0.494 e. The molecule has 0 aliphatic carbocycles. The molecule has 12 heteroatoms. The lowest BCUT2D eigenvalue weighted by molar-refractivity contribution is 0.0577. The number of ether oxygens (including phenoxy) is 1. The van der Waals surface area contributed by atoms with E-state index < -0.39 is 17.6 Å². The van der Waals surface area contributed by atoms with Crippen molar-refractivity contribution in [2.45, 2.75) is 65.3 Å². The molecule has 5 rings (SSSR count). The van der Waals surface area contributed by atoms with Gasteiger partial charge in [-0.05, 0) is 33.3 Å². The lowest BCUT2D eigenvalue weighted by Gasteiger charge is -2.34. The Bertz CT molecular complexity index is 1410. The first kappa shape index (κ1) is 26.5. The molecule has 1 saturated heterocycles. The molecule has 1 fully saturated rings. The van der Waals surface area contributed by atoms with Gasteiger partial charge in [-0.3, -0.25) is 4.68 Å². The van der Waals surface area contributed by atoms with Crippen LogP contribution in [-0.2, 0) is 6.54 Å². The average Bonchev–Trinajstić information content (AvgIpc) is 3.43. The van der Waals surface area contributed by atoms with E-state index in [4.69, 9.17) is 10.5 Å². The molecule has 4 aromatic rings. The summed E-state index contributed by atoms with van der Waals surface area (Å²) in [5, 5.41) is 19.5. The summed E-state index contributed by atoms with van der Waals surface area (Å²) in [4.78, 5) is 10.9. The molecule has 0 amide bonds. The van der Waals surface area contributed by atoms with Gasteiger partial charge < -0.3 is 20.5 Å². The number of aryl methyl sites for hydroxylation is 1. The summed E-state index contributed by atoms with van der Waals surface area (Å²) in [6, 6.07) is 2.54. The largest absolute Gasteiger partial charge is 0.494 e. The van der Waals surface area contributed by atoms with E-state index in [0.717, 1.165) is 11.4 Å². The van der Waals surface area contributed by atoms with E-state index in [2.05, 4.69) is 20.2 Å². The van der Waals surface area contributed by atoms with Crippen LogP contribution < -0.4 is 15.4 Å². The van der Waals surface area contributed by atoms with Crippen molar-refractivity contribution < 1.29 is 18.6 Å². The minimum absolute atomic E-state index is 0.0735. The second-order valence-corrected chi connectivity index (χ2v) is 9.72. The van der Waals surface area contributed by atoms with Gasteiger partial charge in [0.15, 0.2) is 11.5 Å². The van der Waals surface area contributed by atoms with Gasteiger partial charge in [-0.2, -0.15) is 9.61 Å². The van der Waals surface area contributed by atoms with Gasteiger partial charge in [0, 0.05) is 31.3 Å². The van der Waals surface area contributed by atoms with E-state index in [9.17, 15) is 13.9 Å². The number of benzene rings is 1. The van der Waals surface area contributed by atoms with Crippen LogP contribution in [0.1, 0.15) is 51.6 Å². The number of hydrogen-bond acceptors (Lipinski definition) is 8. The maximum atomic E-state index is 14.9. The van der Waals surface area contributed by atoms with E-state index in [1.807, 2.05) is 31.9 Å². The molecule has 4 heterocycles. The normalized spacial score (nSPS) is 18.2. The highest BCUT2D eigenvalue weighted by Crippen LogP contribution is 2.34. The number of hydrogen-bond donors (Lipinski definition) is 2. The summed E-state index contributed by atoms with van der Waals surface area (Å²) < 4.78 is 37.4. The van der Waals surface area contributed by atoms with Gasteiger partial charge in [-0.15, -0.1) is 5.10 Å². The van der Waals surface area contributed by atoms with Crippen LogP contribution >= 0.6 is 0 Å². The van der Waals surface area contributed by atoms with Crippen LogP contribution in [0.4, 0.5) is 20.4 Å². The zero-order chi connectivity index (χ0) is 27.1. The van der Waals surface area contributed by atoms with Crippen molar-refractivity contribution in [3.05, 3.63) is 35.7 Å². The summed E-state index contributed by atoms with van der Waals surface area (Å²) >= 11 is 0. The van der Waals surface area contributed by atoms with E-state index in [1.54, 1.807) is 18.5 Å². The van der Waals surface area contributed by atoms with Crippen molar-refractivity contribution >= 4 is 28.2 Å². The second-order valence-electron chi connectivity index (χ2n) is 9.72. The minimum atomic E-state index is -1.11. The fourth-order valence-electron chi connectivity index (χ4n) is 4.73. The summed E-state index contributed by atoms with van der Waals surface area (Å²) in [7, 11) is 1.43. The molecular weight excluding hydrogens is 482 g/mol. The number of nitrogens with zero attached hydrogens (tertiary/aromatic N) is 7. The van der Waals surface area contributed by atoms with E-state index >= 15 is 0 Å². The third-order valence-corrected chi connectivity index (χ3v) is 6.14. The Hall–Kier alpha value is -3.54. The number of methoxy groups -OCH3 is 1. The fourth-order valence-corrected chi connectivity index (χ4v) is 4.73. The predicted octanol–water partition coefficient (Wildman–Crippen LogP) is 3.64. The number of piperidine rings is 1. The molecule has 3 aromatic heterocycles. The number of nitrogen functional groups attached to an aromatic ring is 1. The Kier molecular flexibility index (Phi) is 7.22. The first-order chi connectivity index (χ1) is 17.5. The monoisotopic (exact) mass is 516 g/mol. The van der Waals surface area contributed by atoms with Gasteiger partial charge in [-0.25, -0.2) is 18.7 Å². The van der Waals surface area contributed by atoms with Crippen molar-refractivity contribution in [2.75, 3.05) is 30.8 Å². The van der Waals surface area contributed by atoms with E-state index in [1.165, 1.54) is 23.8 Å². The molecule has 2 atom stereocenters. The van der Waals surface area contributed by atoms with Gasteiger partial charge in [0.25, 0.3) is 0 Å². The van der Waals surface area contributed by atoms with E-state index in [0.29, 0.717) is 35.5 Å². The van der Waals surface area contributed by atoms with Gasteiger partial charge in [-0.1, -0.05) is 13.8 Å². The van der Waals surface area contributed by atoms with Crippen LogP contribution in [0.25, 0.3) is 16.6 Å². The highest BCUT2D eigenvalue weighted by Gasteiger charge is 2.33. The molecule has 2 unspecified atom stereocenters. The number of fused-ring (bicyclic) bond motifs is 3. The Labute approximate surface area is 214 Å². The van der Waals surface area contributed by atoms with Gasteiger partial charge in [0.1, 0.15) is 23.3 Å². The molecule has 0 radical (unpaired) electrons. The van der Waals surface area contributed by atoms with E-state index in [-0.39, 0.29) is 30.6 Å². The molecule has 0 spiro atoms. The van der Waals surface area contributed by atoms with Gasteiger partial charge in [0.05, 0.1) is 36.0 Å². The maximum absolute atomic E-state index is 14.9. The summed E-state index contributed by atoms with van der Waals surface area (Å²) in [5.74, 6) is -0.114. The molecule has 200 valence electrons. The lowest BCUT2D eigenvalue weighted by Crippen LogP contribution is -2.41. The second kappa shape index (κ2) is 10.1. The van der Waals surface area contributed by atoms with Crippen LogP contribution in [0.2, 0.25) is 0 Å². The third-order valence-electron chi connectivity index (χ3n) is 6.14. The molecule has 3 N–H and O–H groups in total. The maximum Gasteiger partial charge on any atom is 0.223 e. The quantitative estimate of drug-likeness (QED) is 0.413.